The number of urea groups is 1. The first-order chi connectivity index (χ1) is 11.4. The van der Waals surface area contributed by atoms with Gasteiger partial charge in [0.05, 0.1) is 4.92 Å². The van der Waals surface area contributed by atoms with Crippen molar-refractivity contribution in [1.29, 1.82) is 0 Å². The molecular formula is C14H10Cl2N4O4. The minimum atomic E-state index is -0.735. The summed E-state index contributed by atoms with van der Waals surface area (Å²) in [5.74, 6) is -0.735. The summed E-state index contributed by atoms with van der Waals surface area (Å²) in [6.07, 6.45) is 0. The van der Waals surface area contributed by atoms with E-state index < -0.39 is 22.5 Å². The number of benzene rings is 2. The van der Waals surface area contributed by atoms with Gasteiger partial charge < -0.3 is 5.32 Å². The molecule has 0 radical (unpaired) electrons. The number of nitrogens with one attached hydrogen (secondary N) is 3. The molecule has 2 aromatic rings. The Labute approximate surface area is 145 Å². The highest BCUT2D eigenvalue weighted by Gasteiger charge is 2.16. The van der Waals surface area contributed by atoms with Crippen molar-refractivity contribution in [3.8, 4) is 0 Å². The van der Waals surface area contributed by atoms with Crippen LogP contribution in [0.2, 0.25) is 10.0 Å². The van der Waals surface area contributed by atoms with Crippen LogP contribution in [0.4, 0.5) is 16.2 Å². The number of nitrogens with zero attached hydrogens (tertiary/aromatic N) is 1. The smallest absolute Gasteiger partial charge is 0.307 e. The number of hydrogen-bond donors (Lipinski definition) is 3. The number of carbonyl (C=O) groups excluding carboxylic acids is 2. The van der Waals surface area contributed by atoms with Gasteiger partial charge in [0.25, 0.3) is 11.6 Å². The van der Waals surface area contributed by atoms with Gasteiger partial charge in [0, 0.05) is 22.3 Å². The van der Waals surface area contributed by atoms with E-state index in [0.29, 0.717) is 10.7 Å². The van der Waals surface area contributed by atoms with Gasteiger partial charge in [0.15, 0.2) is 0 Å². The molecule has 0 heterocycles. The largest absolute Gasteiger partial charge is 0.337 e. The highest BCUT2D eigenvalue weighted by Crippen LogP contribution is 2.24. The van der Waals surface area contributed by atoms with Gasteiger partial charge in [-0.3, -0.25) is 20.3 Å². The monoisotopic (exact) mass is 368 g/mol. The maximum absolute atomic E-state index is 11.9. The van der Waals surface area contributed by atoms with Crippen LogP contribution >= 0.6 is 23.2 Å². The zero-order chi connectivity index (χ0) is 17.7. The van der Waals surface area contributed by atoms with Crippen LogP contribution < -0.4 is 16.2 Å². The van der Waals surface area contributed by atoms with Crippen LogP contribution in [0.1, 0.15) is 10.4 Å². The zero-order valence-electron chi connectivity index (χ0n) is 11.9. The third-order valence-corrected chi connectivity index (χ3v) is 3.37. The van der Waals surface area contributed by atoms with Crippen molar-refractivity contribution in [2.75, 3.05) is 5.32 Å². The second-order valence-corrected chi connectivity index (χ2v) is 5.31. The summed E-state index contributed by atoms with van der Waals surface area (Å²) >= 11 is 11.4. The van der Waals surface area contributed by atoms with Gasteiger partial charge in [-0.1, -0.05) is 23.2 Å². The molecule has 10 heteroatoms. The third kappa shape index (κ3) is 4.58. The van der Waals surface area contributed by atoms with Crippen molar-refractivity contribution >= 4 is 46.5 Å². The highest BCUT2D eigenvalue weighted by molar-refractivity contribution is 6.32. The summed E-state index contributed by atoms with van der Waals surface area (Å²) in [4.78, 5) is 33.6. The maximum atomic E-state index is 11.9. The van der Waals surface area contributed by atoms with E-state index in [4.69, 9.17) is 23.2 Å². The van der Waals surface area contributed by atoms with Crippen molar-refractivity contribution in [3.63, 3.8) is 0 Å². The molecule has 2 aromatic carbocycles. The van der Waals surface area contributed by atoms with Gasteiger partial charge in [-0.05, 0) is 36.4 Å². The number of anilines is 1. The molecule has 0 saturated carbocycles. The van der Waals surface area contributed by atoms with Gasteiger partial charge in [-0.2, -0.15) is 0 Å². The van der Waals surface area contributed by atoms with E-state index in [-0.39, 0.29) is 10.6 Å². The molecule has 0 atom stereocenters. The standard InChI is InChI=1S/C14H10Cl2N4O4/c15-9-2-4-10(5-3-9)17-14(22)19-18-13(21)8-1-6-11(16)12(7-8)20(23)24/h1-7H,(H,18,21)(H2,17,19,22). The first kappa shape index (κ1) is 17.5. The van der Waals surface area contributed by atoms with Crippen LogP contribution in [0.3, 0.4) is 0 Å². The van der Waals surface area contributed by atoms with Crippen molar-refractivity contribution < 1.29 is 14.5 Å². The van der Waals surface area contributed by atoms with E-state index in [2.05, 4.69) is 16.2 Å². The highest BCUT2D eigenvalue weighted by atomic mass is 35.5. The lowest BCUT2D eigenvalue weighted by Crippen LogP contribution is -2.43. The van der Waals surface area contributed by atoms with Gasteiger partial charge in [-0.15, -0.1) is 0 Å². The summed E-state index contributed by atoms with van der Waals surface area (Å²) in [7, 11) is 0. The van der Waals surface area contributed by atoms with Crippen molar-refractivity contribution in [3.05, 3.63) is 68.2 Å². The van der Waals surface area contributed by atoms with E-state index in [1.54, 1.807) is 24.3 Å². The Morgan fingerprint density at radius 1 is 1.00 bits per heavy atom. The predicted octanol–water partition coefficient (Wildman–Crippen LogP) is 3.37. The Morgan fingerprint density at radius 2 is 1.67 bits per heavy atom. The van der Waals surface area contributed by atoms with Gasteiger partial charge in [-0.25, -0.2) is 10.2 Å². The Morgan fingerprint density at radius 3 is 2.29 bits per heavy atom. The predicted molar refractivity (Wildman–Crippen MR) is 89.2 cm³/mol. The number of carbonyl (C=O) groups is 2. The Kier molecular flexibility index (Phi) is 5.56. The molecule has 2 rings (SSSR count). The van der Waals surface area contributed by atoms with Crippen LogP contribution in [0.5, 0.6) is 0 Å². The molecule has 0 bridgehead atoms. The van der Waals surface area contributed by atoms with Crippen molar-refractivity contribution in [2.24, 2.45) is 0 Å². The van der Waals surface area contributed by atoms with Crippen LogP contribution in [-0.4, -0.2) is 16.9 Å². The lowest BCUT2D eigenvalue weighted by molar-refractivity contribution is -0.384. The molecule has 0 aliphatic heterocycles. The van der Waals surface area contributed by atoms with E-state index >= 15 is 0 Å². The molecule has 0 aromatic heterocycles. The van der Waals surface area contributed by atoms with Gasteiger partial charge >= 0.3 is 6.03 Å². The molecule has 24 heavy (non-hydrogen) atoms. The summed E-state index contributed by atoms with van der Waals surface area (Å²) in [5, 5.41) is 13.7. The Balaban J connectivity index is 1.95. The summed E-state index contributed by atoms with van der Waals surface area (Å²) in [5.41, 5.74) is 4.27. The number of nitro benzene ring substituents is 1. The normalized spacial score (nSPS) is 9.92. The van der Waals surface area contributed by atoms with Crippen molar-refractivity contribution in [1.82, 2.24) is 10.9 Å². The average molecular weight is 369 g/mol. The molecule has 0 aliphatic rings. The minimum absolute atomic E-state index is 0.0297. The Hall–Kier alpha value is -2.84. The fraction of sp³-hybridized carbons (Fsp3) is 0. The first-order valence-electron chi connectivity index (χ1n) is 6.43. The fourth-order valence-electron chi connectivity index (χ4n) is 1.68. The first-order valence-corrected chi connectivity index (χ1v) is 7.19. The molecule has 3 amide bonds. The van der Waals surface area contributed by atoms with Crippen LogP contribution in [0.25, 0.3) is 0 Å². The third-order valence-electron chi connectivity index (χ3n) is 2.80. The quantitative estimate of drug-likeness (QED) is 0.569. The van der Waals surface area contributed by atoms with E-state index in [9.17, 15) is 19.7 Å². The van der Waals surface area contributed by atoms with Gasteiger partial charge in [0.1, 0.15) is 5.02 Å². The number of rotatable bonds is 3. The molecule has 0 fully saturated rings. The summed E-state index contributed by atoms with van der Waals surface area (Å²) in [6, 6.07) is 9.15. The number of hydrazine groups is 1. The van der Waals surface area contributed by atoms with Crippen LogP contribution in [-0.2, 0) is 0 Å². The lowest BCUT2D eigenvalue weighted by atomic mass is 10.2. The molecule has 124 valence electrons. The number of halogens is 2. The minimum Gasteiger partial charge on any atom is -0.307 e. The molecule has 0 unspecified atom stereocenters. The van der Waals surface area contributed by atoms with Crippen LogP contribution in [0, 0.1) is 10.1 Å². The average Bonchev–Trinajstić information content (AvgIpc) is 2.55. The SMILES string of the molecule is O=C(NNC(=O)c1ccc(Cl)c([N+](=O)[O-])c1)Nc1ccc(Cl)cc1. The fourth-order valence-corrected chi connectivity index (χ4v) is 1.99. The number of nitro groups is 1. The Bertz CT molecular complexity index is 796. The lowest BCUT2D eigenvalue weighted by Gasteiger charge is -2.09. The second-order valence-electron chi connectivity index (χ2n) is 4.46. The topological polar surface area (TPSA) is 113 Å². The summed E-state index contributed by atoms with van der Waals surface area (Å²) in [6.45, 7) is 0. The van der Waals surface area contributed by atoms with Gasteiger partial charge in [0.2, 0.25) is 0 Å². The zero-order valence-corrected chi connectivity index (χ0v) is 13.4. The number of hydrogen-bond acceptors (Lipinski definition) is 4. The van der Waals surface area contributed by atoms with E-state index in [0.717, 1.165) is 6.07 Å². The summed E-state index contributed by atoms with van der Waals surface area (Å²) < 4.78 is 0. The molecule has 0 aliphatic carbocycles. The van der Waals surface area contributed by atoms with Crippen molar-refractivity contribution in [2.45, 2.75) is 0 Å². The number of amides is 3. The molecule has 0 spiro atoms. The second kappa shape index (κ2) is 7.62. The van der Waals surface area contributed by atoms with Crippen LogP contribution in [0.15, 0.2) is 42.5 Å². The van der Waals surface area contributed by atoms with E-state index in [1.807, 2.05) is 0 Å². The maximum Gasteiger partial charge on any atom is 0.337 e. The van der Waals surface area contributed by atoms with E-state index in [1.165, 1.54) is 12.1 Å². The molecule has 8 nitrogen and oxygen atoms in total. The molecule has 0 saturated heterocycles. The molecule has 3 N–H and O–H groups in total. The molecular weight excluding hydrogens is 359 g/mol.